The summed E-state index contributed by atoms with van der Waals surface area (Å²) in [6, 6.07) is 4.22. The highest BCUT2D eigenvalue weighted by Crippen LogP contribution is 2.10. The summed E-state index contributed by atoms with van der Waals surface area (Å²) in [5.41, 5.74) is 0.650. The van der Waals surface area contributed by atoms with Crippen molar-refractivity contribution in [1.29, 1.82) is 0 Å². The quantitative estimate of drug-likeness (QED) is 0.835. The molecule has 0 aliphatic heterocycles. The Hall–Kier alpha value is -1.76. The molecule has 2 aromatic heterocycles. The molecule has 19 heavy (non-hydrogen) atoms. The van der Waals surface area contributed by atoms with E-state index in [0.717, 1.165) is 18.8 Å². The van der Waals surface area contributed by atoms with E-state index in [4.69, 9.17) is 0 Å². The second kappa shape index (κ2) is 5.92. The Morgan fingerprint density at radius 2 is 2.11 bits per heavy atom. The molecule has 7 nitrogen and oxygen atoms in total. The maximum Gasteiger partial charge on any atom is 0.200 e. The van der Waals surface area contributed by atoms with Gasteiger partial charge < -0.3 is 10.2 Å². The third kappa shape index (κ3) is 3.60. The van der Waals surface area contributed by atoms with Gasteiger partial charge in [-0.15, -0.1) is 14.8 Å². The lowest BCUT2D eigenvalue weighted by Crippen LogP contribution is -2.35. The van der Waals surface area contributed by atoms with Crippen molar-refractivity contribution in [2.75, 3.05) is 26.0 Å². The molecule has 1 N–H and O–H groups in total. The Bertz CT molecular complexity index is 520. The van der Waals surface area contributed by atoms with Gasteiger partial charge in [0.05, 0.1) is 0 Å². The third-order valence-electron chi connectivity index (χ3n) is 3.06. The van der Waals surface area contributed by atoms with E-state index >= 15 is 0 Å². The van der Waals surface area contributed by atoms with Crippen molar-refractivity contribution in [3.63, 3.8) is 0 Å². The van der Waals surface area contributed by atoms with Gasteiger partial charge in [0.1, 0.15) is 5.82 Å². The molecule has 2 aromatic rings. The first-order valence-corrected chi connectivity index (χ1v) is 6.52. The van der Waals surface area contributed by atoms with Crippen molar-refractivity contribution in [2.24, 2.45) is 5.92 Å². The molecule has 2 rings (SSSR count). The highest BCUT2D eigenvalue weighted by atomic mass is 15.6. The molecule has 0 fully saturated rings. The lowest BCUT2D eigenvalue weighted by atomic mass is 10.0. The van der Waals surface area contributed by atoms with Crippen LogP contribution in [0.3, 0.4) is 0 Å². The number of anilines is 1. The standard InChI is InChI=1S/C12H21N7/c1-9(2)7-10(18(3)4)8-13-11-5-6-12-14-16-17-19(12)15-11/h5-6,9-10H,7-8H2,1-4H3,(H,13,15)/t10-/m1/s1. The molecular weight excluding hydrogens is 242 g/mol. The number of hydrogen-bond donors (Lipinski definition) is 1. The SMILES string of the molecule is CC(C)C[C@H](CNc1ccc2nnnn2n1)N(C)C. The van der Waals surface area contributed by atoms with Crippen LogP contribution in [0, 0.1) is 5.92 Å². The molecule has 0 saturated heterocycles. The first kappa shape index (κ1) is 13.7. The van der Waals surface area contributed by atoms with Crippen LogP contribution in [-0.4, -0.2) is 56.8 Å². The summed E-state index contributed by atoms with van der Waals surface area (Å²) < 4.78 is 1.43. The van der Waals surface area contributed by atoms with Crippen LogP contribution < -0.4 is 5.32 Å². The summed E-state index contributed by atoms with van der Waals surface area (Å²) in [5, 5.41) is 18.8. The van der Waals surface area contributed by atoms with Gasteiger partial charge in [0.25, 0.3) is 0 Å². The van der Waals surface area contributed by atoms with Gasteiger partial charge in [0.15, 0.2) is 5.65 Å². The van der Waals surface area contributed by atoms with Gasteiger partial charge in [-0.1, -0.05) is 13.8 Å². The molecule has 2 heterocycles. The molecule has 0 aliphatic carbocycles. The summed E-state index contributed by atoms with van der Waals surface area (Å²) >= 11 is 0. The number of tetrazole rings is 1. The number of likely N-dealkylation sites (N-methyl/N-ethyl adjacent to an activating group) is 1. The van der Waals surface area contributed by atoms with Crippen molar-refractivity contribution in [1.82, 2.24) is 30.2 Å². The molecule has 0 bridgehead atoms. The number of hydrogen-bond acceptors (Lipinski definition) is 6. The minimum atomic E-state index is 0.478. The van der Waals surface area contributed by atoms with E-state index in [2.05, 4.69) is 58.8 Å². The molecule has 0 unspecified atom stereocenters. The van der Waals surface area contributed by atoms with Crippen LogP contribution in [0.15, 0.2) is 12.1 Å². The molecule has 104 valence electrons. The Labute approximate surface area is 113 Å². The first-order chi connectivity index (χ1) is 9.06. The molecule has 0 amide bonds. The van der Waals surface area contributed by atoms with Gasteiger partial charge in [-0.25, -0.2) is 0 Å². The van der Waals surface area contributed by atoms with Crippen LogP contribution in [0.25, 0.3) is 5.65 Å². The van der Waals surface area contributed by atoms with E-state index in [1.54, 1.807) is 0 Å². The fraction of sp³-hybridized carbons (Fsp3) is 0.667. The average molecular weight is 263 g/mol. The molecule has 0 aromatic carbocycles. The molecular formula is C12H21N7. The minimum absolute atomic E-state index is 0.478. The van der Waals surface area contributed by atoms with Crippen molar-refractivity contribution >= 4 is 11.5 Å². The van der Waals surface area contributed by atoms with Crippen LogP contribution in [0.5, 0.6) is 0 Å². The van der Waals surface area contributed by atoms with Crippen LogP contribution >= 0.6 is 0 Å². The largest absolute Gasteiger partial charge is 0.367 e. The Kier molecular flexibility index (Phi) is 4.26. The second-order valence-corrected chi connectivity index (χ2v) is 5.37. The lowest BCUT2D eigenvalue weighted by molar-refractivity contribution is 0.265. The zero-order valence-electron chi connectivity index (χ0n) is 11.9. The predicted molar refractivity (Wildman–Crippen MR) is 74.0 cm³/mol. The molecule has 0 aliphatic rings. The summed E-state index contributed by atoms with van der Waals surface area (Å²) in [7, 11) is 4.21. The van der Waals surface area contributed by atoms with Crippen LogP contribution in [0.2, 0.25) is 0 Å². The molecule has 0 spiro atoms. The molecule has 1 atom stereocenters. The van der Waals surface area contributed by atoms with E-state index in [1.807, 2.05) is 12.1 Å². The lowest BCUT2D eigenvalue weighted by Gasteiger charge is -2.26. The summed E-state index contributed by atoms with van der Waals surface area (Å²) in [6.07, 6.45) is 1.15. The zero-order valence-corrected chi connectivity index (χ0v) is 11.9. The Balaban J connectivity index is 1.99. The Morgan fingerprint density at radius 1 is 1.32 bits per heavy atom. The number of fused-ring (bicyclic) bond motifs is 1. The van der Waals surface area contributed by atoms with Crippen LogP contribution in [0.4, 0.5) is 5.82 Å². The van der Waals surface area contributed by atoms with E-state index in [9.17, 15) is 0 Å². The molecule has 7 heteroatoms. The second-order valence-electron chi connectivity index (χ2n) is 5.37. The van der Waals surface area contributed by atoms with Gasteiger partial charge in [0.2, 0.25) is 0 Å². The normalized spacial score (nSPS) is 13.4. The summed E-state index contributed by atoms with van der Waals surface area (Å²) in [6.45, 7) is 5.33. The maximum atomic E-state index is 4.30. The summed E-state index contributed by atoms with van der Waals surface area (Å²) in [4.78, 5) is 2.24. The van der Waals surface area contributed by atoms with Gasteiger partial charge in [-0.2, -0.15) is 0 Å². The van der Waals surface area contributed by atoms with Crippen LogP contribution in [-0.2, 0) is 0 Å². The summed E-state index contributed by atoms with van der Waals surface area (Å²) in [5.74, 6) is 1.46. The smallest absolute Gasteiger partial charge is 0.200 e. The highest BCUT2D eigenvalue weighted by Gasteiger charge is 2.13. The van der Waals surface area contributed by atoms with Gasteiger partial charge in [-0.3, -0.25) is 0 Å². The predicted octanol–water partition coefficient (Wildman–Crippen LogP) is 0.907. The van der Waals surface area contributed by atoms with Crippen LogP contribution in [0.1, 0.15) is 20.3 Å². The number of aromatic nitrogens is 5. The molecule has 0 radical (unpaired) electrons. The molecule has 0 saturated carbocycles. The van der Waals surface area contributed by atoms with E-state index in [0.29, 0.717) is 17.6 Å². The maximum absolute atomic E-state index is 4.30. The van der Waals surface area contributed by atoms with E-state index in [1.165, 1.54) is 4.63 Å². The van der Waals surface area contributed by atoms with E-state index < -0.39 is 0 Å². The first-order valence-electron chi connectivity index (χ1n) is 6.52. The Morgan fingerprint density at radius 3 is 2.79 bits per heavy atom. The fourth-order valence-corrected chi connectivity index (χ4v) is 1.99. The highest BCUT2D eigenvalue weighted by molar-refractivity contribution is 5.42. The van der Waals surface area contributed by atoms with Crippen molar-refractivity contribution in [2.45, 2.75) is 26.3 Å². The number of nitrogens with zero attached hydrogens (tertiary/aromatic N) is 6. The van der Waals surface area contributed by atoms with Gasteiger partial charge in [0, 0.05) is 12.6 Å². The van der Waals surface area contributed by atoms with Crippen molar-refractivity contribution in [3.8, 4) is 0 Å². The van der Waals surface area contributed by atoms with E-state index in [-0.39, 0.29) is 0 Å². The van der Waals surface area contributed by atoms with Crippen molar-refractivity contribution < 1.29 is 0 Å². The topological polar surface area (TPSA) is 71.2 Å². The third-order valence-corrected chi connectivity index (χ3v) is 3.06. The monoisotopic (exact) mass is 263 g/mol. The van der Waals surface area contributed by atoms with Crippen molar-refractivity contribution in [3.05, 3.63) is 12.1 Å². The fourth-order valence-electron chi connectivity index (χ4n) is 1.99. The number of rotatable bonds is 6. The zero-order chi connectivity index (χ0) is 13.8. The van der Waals surface area contributed by atoms with Gasteiger partial charge >= 0.3 is 0 Å². The minimum Gasteiger partial charge on any atom is -0.367 e. The average Bonchev–Trinajstić information content (AvgIpc) is 2.80. The van der Waals surface area contributed by atoms with Gasteiger partial charge in [-0.05, 0) is 49.0 Å². The number of nitrogens with one attached hydrogen (secondary N) is 1.